The van der Waals surface area contributed by atoms with E-state index in [-0.39, 0.29) is 60.1 Å². The molecule has 350 valence electrons. The van der Waals surface area contributed by atoms with Gasteiger partial charge in [0.1, 0.15) is 36.1 Å². The first-order valence-corrected chi connectivity index (χ1v) is 23.9. The van der Waals surface area contributed by atoms with E-state index in [4.69, 9.17) is 14.2 Å². The van der Waals surface area contributed by atoms with Gasteiger partial charge in [0.05, 0.1) is 19.1 Å². The van der Waals surface area contributed by atoms with E-state index in [0.717, 1.165) is 72.7 Å². The number of benzene rings is 4. The number of carbonyl (C=O) groups is 1. The largest absolute Gasteiger partial charge is 0.508 e. The summed E-state index contributed by atoms with van der Waals surface area (Å²) in [7, 11) is 1.57. The predicted molar refractivity (Wildman–Crippen MR) is 261 cm³/mol. The van der Waals surface area contributed by atoms with Gasteiger partial charge in [0.15, 0.2) is 17.8 Å². The molecule has 2 heterocycles. The van der Waals surface area contributed by atoms with Crippen molar-refractivity contribution in [3.05, 3.63) is 124 Å². The zero-order chi connectivity index (χ0) is 46.7. The number of carbonyl (C=O) groups excluding carboxylic acids is 1. The van der Waals surface area contributed by atoms with Gasteiger partial charge in [0.25, 0.3) is 0 Å². The first-order valence-electron chi connectivity index (χ1n) is 23.9. The number of hydrogen-bond acceptors (Lipinski definition) is 10. The van der Waals surface area contributed by atoms with Gasteiger partial charge in [-0.3, -0.25) is 4.79 Å². The van der Waals surface area contributed by atoms with Crippen LogP contribution in [0.15, 0.2) is 84.7 Å². The van der Waals surface area contributed by atoms with Crippen LogP contribution >= 0.6 is 0 Å². The molecule has 0 saturated heterocycles. The third kappa shape index (κ3) is 12.0. The van der Waals surface area contributed by atoms with E-state index in [9.17, 15) is 30.3 Å². The normalized spacial score (nSPS) is 21.0. The number of ketones is 1. The van der Waals surface area contributed by atoms with Crippen molar-refractivity contribution in [3.63, 3.8) is 0 Å². The molecule has 6 atom stereocenters. The molecule has 2 aliphatic heterocycles. The lowest BCUT2D eigenvalue weighted by Gasteiger charge is -2.28. The van der Waals surface area contributed by atoms with E-state index in [0.29, 0.717) is 53.8 Å². The van der Waals surface area contributed by atoms with Crippen LogP contribution in [0.3, 0.4) is 0 Å². The first kappa shape index (κ1) is 48.2. The molecule has 10 heteroatoms. The fraction of sp³-hybridized carbons (Fsp3) is 0.446. The van der Waals surface area contributed by atoms with Crippen LogP contribution in [0.5, 0.6) is 17.2 Å². The lowest BCUT2D eigenvalue weighted by Crippen LogP contribution is -2.24. The number of anilines is 1. The fourth-order valence-electron chi connectivity index (χ4n) is 9.83. The van der Waals surface area contributed by atoms with Crippen LogP contribution in [-0.2, 0) is 29.0 Å². The van der Waals surface area contributed by atoms with E-state index in [2.05, 4.69) is 55.5 Å². The number of rotatable bonds is 16. The zero-order valence-electron chi connectivity index (χ0n) is 38.9. The van der Waals surface area contributed by atoms with E-state index in [1.54, 1.807) is 26.2 Å². The quantitative estimate of drug-likeness (QED) is 0.0363. The highest BCUT2D eigenvalue weighted by Gasteiger charge is 2.30. The van der Waals surface area contributed by atoms with Gasteiger partial charge in [-0.2, -0.15) is 0 Å². The monoisotopic (exact) mass is 897 g/mol. The molecule has 2 aliphatic carbocycles. The molecule has 4 aromatic rings. The number of aromatic hydroxyl groups is 1. The molecular weight excluding hydrogens is 831 g/mol. The Morgan fingerprint density at radius 3 is 2.56 bits per heavy atom. The van der Waals surface area contributed by atoms with Crippen molar-refractivity contribution in [2.75, 3.05) is 19.0 Å². The molecule has 66 heavy (non-hydrogen) atoms. The number of fused-ring (bicyclic) bond motifs is 9. The highest BCUT2D eigenvalue weighted by atomic mass is 16.5. The van der Waals surface area contributed by atoms with Crippen molar-refractivity contribution in [1.29, 1.82) is 0 Å². The summed E-state index contributed by atoms with van der Waals surface area (Å²) in [5.41, 5.74) is 6.31. The minimum Gasteiger partial charge on any atom is -0.508 e. The van der Waals surface area contributed by atoms with Crippen LogP contribution in [-0.4, -0.2) is 57.2 Å². The SMILES string of the molecule is CCCCC[C@H]1C#CO[C@@H](C[C@@H]2C=C(O)C=C[C@H]2CCCCc2cccc(NC[C@H](C)O)c2)CC(=O)CCc2ccc(OC)c(c2)OCc2c(C(O)O)cc3c1c(O)cc1c3c2C=C[C@H]1C. The number of aliphatic hydroxyl groups excluding tert-OH is 3. The Hall–Kier alpha value is -5.73. The zero-order valence-corrected chi connectivity index (χ0v) is 38.9. The molecule has 10 nitrogen and oxygen atoms in total. The predicted octanol–water partition coefficient (Wildman–Crippen LogP) is 11.0. The second-order valence-corrected chi connectivity index (χ2v) is 18.4. The molecule has 0 aromatic heterocycles. The van der Waals surface area contributed by atoms with Crippen molar-refractivity contribution in [2.45, 2.75) is 135 Å². The van der Waals surface area contributed by atoms with Crippen LogP contribution in [0, 0.1) is 23.9 Å². The van der Waals surface area contributed by atoms with E-state index >= 15 is 0 Å². The molecule has 0 fully saturated rings. The number of phenols is 1. The van der Waals surface area contributed by atoms with E-state index in [1.807, 2.05) is 48.6 Å². The lowest BCUT2D eigenvalue weighted by molar-refractivity contribution is -0.121. The number of hydrogen-bond donors (Lipinski definition) is 6. The minimum atomic E-state index is -1.83. The summed E-state index contributed by atoms with van der Waals surface area (Å²) in [6.07, 6.45) is 18.5. The average molecular weight is 898 g/mol. The number of ether oxygens (including phenoxy) is 3. The fourth-order valence-corrected chi connectivity index (χ4v) is 9.83. The maximum atomic E-state index is 13.9. The summed E-state index contributed by atoms with van der Waals surface area (Å²) in [5, 5.41) is 59.2. The number of phenolic OH excluding ortho intramolecular Hbond substituents is 1. The van der Waals surface area contributed by atoms with Gasteiger partial charge in [0.2, 0.25) is 0 Å². The van der Waals surface area contributed by atoms with Crippen molar-refractivity contribution in [2.24, 2.45) is 11.8 Å². The summed E-state index contributed by atoms with van der Waals surface area (Å²) >= 11 is 0. The van der Waals surface area contributed by atoms with Gasteiger partial charge in [-0.25, -0.2) is 0 Å². The van der Waals surface area contributed by atoms with E-state index < -0.39 is 24.4 Å². The highest BCUT2D eigenvalue weighted by Crippen LogP contribution is 2.47. The molecule has 0 amide bonds. The van der Waals surface area contributed by atoms with Gasteiger partial charge in [-0.1, -0.05) is 81.9 Å². The van der Waals surface area contributed by atoms with Crippen molar-refractivity contribution < 1.29 is 44.5 Å². The summed E-state index contributed by atoms with van der Waals surface area (Å²) in [6, 6.07) is 17.5. The van der Waals surface area contributed by atoms with Crippen LogP contribution in [0.2, 0.25) is 0 Å². The molecule has 4 aromatic carbocycles. The molecule has 0 unspecified atom stereocenters. The summed E-state index contributed by atoms with van der Waals surface area (Å²) < 4.78 is 18.7. The minimum absolute atomic E-state index is 0.0130. The molecule has 6 N–H and O–H groups in total. The number of aliphatic hydroxyl groups is 4. The Morgan fingerprint density at radius 1 is 0.939 bits per heavy atom. The third-order valence-corrected chi connectivity index (χ3v) is 13.4. The smallest absolute Gasteiger partial charge is 0.178 e. The van der Waals surface area contributed by atoms with Gasteiger partial charge in [0, 0.05) is 47.7 Å². The average Bonchev–Trinajstić information content (AvgIpc) is 3.29. The molecular formula is C56H67NO9. The molecule has 8 rings (SSSR count). The van der Waals surface area contributed by atoms with Gasteiger partial charge in [-0.15, -0.1) is 0 Å². The number of nitrogens with one attached hydrogen (secondary N) is 1. The summed E-state index contributed by atoms with van der Waals surface area (Å²) in [6.45, 7) is 6.48. The van der Waals surface area contributed by atoms with Crippen LogP contribution in [0.25, 0.3) is 16.8 Å². The Labute approximate surface area is 390 Å². The molecule has 4 aliphatic rings. The number of Topliss-reactive ketones (excluding diaryl/α,β-unsaturated/α-hetero) is 1. The molecule has 0 spiro atoms. The lowest BCUT2D eigenvalue weighted by atomic mass is 9.78. The van der Waals surface area contributed by atoms with E-state index in [1.165, 1.54) is 5.56 Å². The van der Waals surface area contributed by atoms with Crippen molar-refractivity contribution >= 4 is 28.3 Å². The van der Waals surface area contributed by atoms with Crippen LogP contribution < -0.4 is 14.8 Å². The third-order valence-electron chi connectivity index (χ3n) is 13.4. The number of allylic oxidation sites excluding steroid dienone is 4. The molecule has 0 saturated carbocycles. The van der Waals surface area contributed by atoms with Crippen LogP contribution in [0.1, 0.15) is 142 Å². The Bertz CT molecular complexity index is 2490. The van der Waals surface area contributed by atoms with Crippen molar-refractivity contribution in [1.82, 2.24) is 0 Å². The van der Waals surface area contributed by atoms with Gasteiger partial charge < -0.3 is 45.1 Å². The van der Waals surface area contributed by atoms with Crippen molar-refractivity contribution in [3.8, 4) is 29.3 Å². The first-order chi connectivity index (χ1) is 31.9. The number of methoxy groups -OCH3 is 1. The highest BCUT2D eigenvalue weighted by molar-refractivity contribution is 6.01. The van der Waals surface area contributed by atoms with Gasteiger partial charge in [-0.05, 0) is 139 Å². The standard InChI is InChI=1S/C56H67NO9/c1-5-6-7-14-40-24-25-65-45(29-41-28-43(59)21-19-39(41)13-9-8-11-37-12-10-15-42(26-37)57-33-36(3)58)30-44(60)20-17-38-18-23-52(64-4)53(27-38)66-34-50-46-22-16-35(2)47-32-51(61)54(40)49(55(46)47)31-48(50)56(62)63/h10,12,15-16,18-19,21-23,26-28,31-32,35-36,39-41,45,56-59,61-63H,5-9,11,13-14,17,20,29-30,33-34H2,1-4H3/t35-,36+,39-,40+,41+,45+/m1/s1. The van der Waals surface area contributed by atoms with Crippen LogP contribution in [0.4, 0.5) is 5.69 Å². The Morgan fingerprint density at radius 2 is 1.77 bits per heavy atom. The molecule has 0 radical (unpaired) electrons. The number of unbranched alkanes of at least 4 members (excludes halogenated alkanes) is 3. The maximum absolute atomic E-state index is 13.9. The summed E-state index contributed by atoms with van der Waals surface area (Å²) in [5.74, 6) is 4.21. The maximum Gasteiger partial charge on any atom is 0.178 e. The molecule has 6 bridgehead atoms. The summed E-state index contributed by atoms with van der Waals surface area (Å²) in [4.78, 5) is 13.9. The number of aryl methyl sites for hydroxylation is 2. The second kappa shape index (κ2) is 22.6. The second-order valence-electron chi connectivity index (χ2n) is 18.4. The van der Waals surface area contributed by atoms with Gasteiger partial charge >= 0.3 is 0 Å². The Balaban J connectivity index is 1.22. The Kier molecular flexibility index (Phi) is 16.5. The topological polar surface area (TPSA) is 158 Å².